The van der Waals surface area contributed by atoms with Crippen LogP contribution < -0.4 is 5.32 Å². The third-order valence-electron chi connectivity index (χ3n) is 2.63. The van der Waals surface area contributed by atoms with Crippen molar-refractivity contribution in [3.63, 3.8) is 0 Å². The lowest BCUT2D eigenvalue weighted by atomic mass is 10.2. The lowest BCUT2D eigenvalue weighted by Crippen LogP contribution is -2.09. The molecule has 0 radical (unpaired) electrons. The average Bonchev–Trinajstić information content (AvgIpc) is 2.81. The van der Waals surface area contributed by atoms with Gasteiger partial charge in [-0.2, -0.15) is 0 Å². The van der Waals surface area contributed by atoms with Crippen LogP contribution in [0.25, 0.3) is 0 Å². The summed E-state index contributed by atoms with van der Waals surface area (Å²) in [5, 5.41) is 3.15. The predicted octanol–water partition coefficient (Wildman–Crippen LogP) is 2.86. The maximum absolute atomic E-state index is 11.7. The van der Waals surface area contributed by atoms with Crippen molar-refractivity contribution in [1.82, 2.24) is 0 Å². The SMILES string of the molecule is CC(Nc1ccccc1S(C)(=O)=O)c1ccco1. The second-order valence-electron chi connectivity index (χ2n) is 4.15. The molecular weight excluding hydrogens is 250 g/mol. The van der Waals surface area contributed by atoms with E-state index in [1.54, 1.807) is 36.6 Å². The number of para-hydroxylation sites is 1. The Morgan fingerprint density at radius 3 is 2.50 bits per heavy atom. The van der Waals surface area contributed by atoms with Gasteiger partial charge in [-0.05, 0) is 31.2 Å². The van der Waals surface area contributed by atoms with Gasteiger partial charge in [0.1, 0.15) is 5.76 Å². The molecule has 2 rings (SSSR count). The van der Waals surface area contributed by atoms with E-state index in [-0.39, 0.29) is 6.04 Å². The Labute approximate surface area is 107 Å². The summed E-state index contributed by atoms with van der Waals surface area (Å²) in [5.74, 6) is 0.762. The molecule has 0 aliphatic heterocycles. The van der Waals surface area contributed by atoms with Gasteiger partial charge in [0, 0.05) is 6.26 Å². The molecule has 96 valence electrons. The lowest BCUT2D eigenvalue weighted by Gasteiger charge is -2.15. The largest absolute Gasteiger partial charge is 0.467 e. The molecule has 4 nitrogen and oxygen atoms in total. The molecule has 0 amide bonds. The van der Waals surface area contributed by atoms with E-state index in [0.717, 1.165) is 5.76 Å². The van der Waals surface area contributed by atoms with Crippen molar-refractivity contribution in [3.05, 3.63) is 48.4 Å². The Kier molecular flexibility index (Phi) is 3.43. The number of furan rings is 1. The fraction of sp³-hybridized carbons (Fsp3) is 0.231. The average molecular weight is 265 g/mol. The monoisotopic (exact) mass is 265 g/mol. The van der Waals surface area contributed by atoms with Gasteiger partial charge in [-0.15, -0.1) is 0 Å². The van der Waals surface area contributed by atoms with Crippen LogP contribution in [-0.2, 0) is 9.84 Å². The first-order valence-corrected chi connectivity index (χ1v) is 7.46. The molecule has 0 aliphatic carbocycles. The van der Waals surface area contributed by atoms with E-state index < -0.39 is 9.84 Å². The molecule has 1 atom stereocenters. The number of benzene rings is 1. The molecule has 1 unspecified atom stereocenters. The minimum absolute atomic E-state index is 0.0945. The molecule has 0 fully saturated rings. The molecule has 5 heteroatoms. The summed E-state index contributed by atoms with van der Waals surface area (Å²) >= 11 is 0. The third-order valence-corrected chi connectivity index (χ3v) is 3.78. The van der Waals surface area contributed by atoms with E-state index in [1.165, 1.54) is 6.26 Å². The van der Waals surface area contributed by atoms with Gasteiger partial charge in [-0.25, -0.2) is 8.42 Å². The maximum atomic E-state index is 11.7. The van der Waals surface area contributed by atoms with Crippen molar-refractivity contribution in [3.8, 4) is 0 Å². The molecule has 0 bridgehead atoms. The molecule has 1 aromatic carbocycles. The van der Waals surface area contributed by atoms with Crippen LogP contribution in [0.3, 0.4) is 0 Å². The second-order valence-corrected chi connectivity index (χ2v) is 6.13. The Morgan fingerprint density at radius 2 is 1.89 bits per heavy atom. The topological polar surface area (TPSA) is 59.3 Å². The van der Waals surface area contributed by atoms with Gasteiger partial charge in [-0.1, -0.05) is 12.1 Å². The number of sulfone groups is 1. The highest BCUT2D eigenvalue weighted by atomic mass is 32.2. The Morgan fingerprint density at radius 1 is 1.17 bits per heavy atom. The fourth-order valence-corrected chi connectivity index (χ4v) is 2.60. The van der Waals surface area contributed by atoms with E-state index in [9.17, 15) is 8.42 Å². The first-order chi connectivity index (χ1) is 8.48. The van der Waals surface area contributed by atoms with Crippen molar-refractivity contribution in [2.24, 2.45) is 0 Å². The molecule has 2 aromatic rings. The van der Waals surface area contributed by atoms with E-state index in [1.807, 2.05) is 13.0 Å². The highest BCUT2D eigenvalue weighted by Crippen LogP contribution is 2.25. The van der Waals surface area contributed by atoms with Crippen molar-refractivity contribution >= 4 is 15.5 Å². The maximum Gasteiger partial charge on any atom is 0.177 e. The lowest BCUT2D eigenvalue weighted by molar-refractivity contribution is 0.490. The number of hydrogen-bond donors (Lipinski definition) is 1. The van der Waals surface area contributed by atoms with Gasteiger partial charge in [0.15, 0.2) is 9.84 Å². The van der Waals surface area contributed by atoms with Crippen molar-refractivity contribution in [2.45, 2.75) is 17.9 Å². The van der Waals surface area contributed by atoms with E-state index in [0.29, 0.717) is 10.6 Å². The zero-order valence-electron chi connectivity index (χ0n) is 10.3. The minimum Gasteiger partial charge on any atom is -0.467 e. The van der Waals surface area contributed by atoms with Crippen molar-refractivity contribution in [1.29, 1.82) is 0 Å². The molecule has 0 saturated carbocycles. The molecule has 1 N–H and O–H groups in total. The first-order valence-electron chi connectivity index (χ1n) is 5.57. The molecule has 18 heavy (non-hydrogen) atoms. The Hall–Kier alpha value is -1.75. The fourth-order valence-electron chi connectivity index (χ4n) is 1.75. The van der Waals surface area contributed by atoms with Gasteiger partial charge >= 0.3 is 0 Å². The van der Waals surface area contributed by atoms with Crippen molar-refractivity contribution in [2.75, 3.05) is 11.6 Å². The molecule has 0 saturated heterocycles. The first kappa shape index (κ1) is 12.7. The molecule has 0 aliphatic rings. The summed E-state index contributed by atoms with van der Waals surface area (Å²) in [6.45, 7) is 1.91. The molecule has 0 spiro atoms. The zero-order valence-corrected chi connectivity index (χ0v) is 11.1. The van der Waals surface area contributed by atoms with Gasteiger partial charge in [0.05, 0.1) is 22.9 Å². The van der Waals surface area contributed by atoms with Gasteiger partial charge in [0.2, 0.25) is 0 Å². The second kappa shape index (κ2) is 4.86. The summed E-state index contributed by atoms with van der Waals surface area (Å²) in [4.78, 5) is 0.295. The highest BCUT2D eigenvalue weighted by Gasteiger charge is 2.15. The van der Waals surface area contributed by atoms with Crippen LogP contribution >= 0.6 is 0 Å². The summed E-state index contributed by atoms with van der Waals surface area (Å²) in [6, 6.07) is 10.4. The van der Waals surface area contributed by atoms with Gasteiger partial charge in [0.25, 0.3) is 0 Å². The standard InChI is InChI=1S/C13H15NO3S/c1-10(12-7-5-9-17-12)14-11-6-3-4-8-13(11)18(2,15)16/h3-10,14H,1-2H3. The quantitative estimate of drug-likeness (QED) is 0.923. The molecule has 1 heterocycles. The predicted molar refractivity (Wildman–Crippen MR) is 70.3 cm³/mol. The number of rotatable bonds is 4. The van der Waals surface area contributed by atoms with Crippen LogP contribution in [0.4, 0.5) is 5.69 Å². The van der Waals surface area contributed by atoms with Crippen LogP contribution in [0.5, 0.6) is 0 Å². The van der Waals surface area contributed by atoms with Crippen LogP contribution in [0.15, 0.2) is 52.0 Å². The molecular formula is C13H15NO3S. The summed E-state index contributed by atoms with van der Waals surface area (Å²) in [7, 11) is -3.24. The normalized spacial score (nSPS) is 13.2. The number of nitrogens with one attached hydrogen (secondary N) is 1. The Bertz CT molecular complexity index is 617. The van der Waals surface area contributed by atoms with Gasteiger partial charge in [-0.3, -0.25) is 0 Å². The van der Waals surface area contributed by atoms with E-state index in [2.05, 4.69) is 5.32 Å². The zero-order chi connectivity index (χ0) is 13.2. The van der Waals surface area contributed by atoms with Crippen LogP contribution in [0.1, 0.15) is 18.7 Å². The van der Waals surface area contributed by atoms with E-state index in [4.69, 9.17) is 4.42 Å². The van der Waals surface area contributed by atoms with Gasteiger partial charge < -0.3 is 9.73 Å². The van der Waals surface area contributed by atoms with Crippen molar-refractivity contribution < 1.29 is 12.8 Å². The highest BCUT2D eigenvalue weighted by molar-refractivity contribution is 7.90. The number of anilines is 1. The molecule has 1 aromatic heterocycles. The third kappa shape index (κ3) is 2.73. The van der Waals surface area contributed by atoms with Crippen LogP contribution in [0, 0.1) is 0 Å². The summed E-state index contributed by atoms with van der Waals surface area (Å²) in [5.41, 5.74) is 0.587. The summed E-state index contributed by atoms with van der Waals surface area (Å²) in [6.07, 6.45) is 2.79. The minimum atomic E-state index is -3.24. The Balaban J connectivity index is 2.30. The smallest absolute Gasteiger partial charge is 0.177 e. The number of hydrogen-bond acceptors (Lipinski definition) is 4. The summed E-state index contributed by atoms with van der Waals surface area (Å²) < 4.78 is 28.6. The van der Waals surface area contributed by atoms with Crippen LogP contribution in [-0.4, -0.2) is 14.7 Å². The van der Waals surface area contributed by atoms with Crippen LogP contribution in [0.2, 0.25) is 0 Å². The van der Waals surface area contributed by atoms with E-state index >= 15 is 0 Å².